The van der Waals surface area contributed by atoms with E-state index < -0.39 is 0 Å². The number of rotatable bonds is 5. The molecule has 0 radical (unpaired) electrons. The van der Waals surface area contributed by atoms with Crippen LogP contribution in [0.4, 0.5) is 4.39 Å². The lowest BCUT2D eigenvalue weighted by atomic mass is 10.1. The van der Waals surface area contributed by atoms with Crippen LogP contribution in [-0.2, 0) is 0 Å². The van der Waals surface area contributed by atoms with Gasteiger partial charge >= 0.3 is 0 Å². The number of thiophene rings is 1. The summed E-state index contributed by atoms with van der Waals surface area (Å²) >= 11 is 1.74. The van der Waals surface area contributed by atoms with Crippen molar-refractivity contribution in [2.45, 2.75) is 32.4 Å². The van der Waals surface area contributed by atoms with E-state index in [0.717, 1.165) is 12.0 Å². The highest BCUT2D eigenvalue weighted by Gasteiger charge is 2.16. The number of hydrogen-bond donors (Lipinski definition) is 1. The lowest BCUT2D eigenvalue weighted by molar-refractivity contribution is 0.447. The standard InChI is InChI=1S/C15H18FNS/c1-3-14(15-9-6-10-18-15)17-11(2)12-7-4-5-8-13(12)16/h4-11,14,17H,3H2,1-2H3. The third-order valence-electron chi connectivity index (χ3n) is 3.12. The van der Waals surface area contributed by atoms with E-state index >= 15 is 0 Å². The van der Waals surface area contributed by atoms with E-state index in [1.807, 2.05) is 19.1 Å². The Bertz CT molecular complexity index is 481. The van der Waals surface area contributed by atoms with E-state index in [2.05, 4.69) is 29.8 Å². The molecule has 2 rings (SSSR count). The predicted molar refractivity (Wildman–Crippen MR) is 75.3 cm³/mol. The van der Waals surface area contributed by atoms with Crippen molar-refractivity contribution in [3.8, 4) is 0 Å². The Balaban J connectivity index is 2.11. The minimum absolute atomic E-state index is 0.0123. The second kappa shape index (κ2) is 6.12. The van der Waals surface area contributed by atoms with Crippen molar-refractivity contribution in [2.24, 2.45) is 0 Å². The highest BCUT2D eigenvalue weighted by atomic mass is 32.1. The van der Waals surface area contributed by atoms with Crippen molar-refractivity contribution < 1.29 is 4.39 Å². The van der Waals surface area contributed by atoms with Crippen LogP contribution in [0.5, 0.6) is 0 Å². The van der Waals surface area contributed by atoms with Crippen LogP contribution in [0, 0.1) is 5.82 Å². The summed E-state index contributed by atoms with van der Waals surface area (Å²) in [6, 6.07) is 11.4. The molecule has 0 saturated heterocycles. The van der Waals surface area contributed by atoms with Gasteiger partial charge in [0.05, 0.1) is 0 Å². The first-order chi connectivity index (χ1) is 8.72. The van der Waals surface area contributed by atoms with Crippen molar-refractivity contribution in [3.05, 3.63) is 58.0 Å². The van der Waals surface area contributed by atoms with Gasteiger partial charge in [-0.15, -0.1) is 11.3 Å². The van der Waals surface area contributed by atoms with Gasteiger partial charge < -0.3 is 5.32 Å². The van der Waals surface area contributed by atoms with Crippen LogP contribution in [-0.4, -0.2) is 0 Å². The van der Waals surface area contributed by atoms with Crippen LogP contribution in [0.2, 0.25) is 0 Å². The molecular formula is C15H18FNS. The van der Waals surface area contributed by atoms with Gasteiger partial charge in [-0.05, 0) is 30.9 Å². The maximum atomic E-state index is 13.7. The Morgan fingerprint density at radius 1 is 1.22 bits per heavy atom. The zero-order valence-corrected chi connectivity index (χ0v) is 11.5. The third kappa shape index (κ3) is 2.98. The van der Waals surface area contributed by atoms with E-state index in [1.165, 1.54) is 10.9 Å². The number of hydrogen-bond acceptors (Lipinski definition) is 2. The van der Waals surface area contributed by atoms with Gasteiger partial charge in [-0.2, -0.15) is 0 Å². The normalized spacial score (nSPS) is 14.4. The van der Waals surface area contributed by atoms with E-state index in [4.69, 9.17) is 0 Å². The Labute approximate surface area is 112 Å². The van der Waals surface area contributed by atoms with Gasteiger partial charge in [0.1, 0.15) is 5.82 Å². The van der Waals surface area contributed by atoms with Gasteiger partial charge in [-0.1, -0.05) is 31.2 Å². The molecule has 96 valence electrons. The van der Waals surface area contributed by atoms with E-state index in [-0.39, 0.29) is 11.9 Å². The second-order valence-corrected chi connectivity index (χ2v) is 5.37. The first-order valence-electron chi connectivity index (χ1n) is 6.26. The molecule has 0 fully saturated rings. The van der Waals surface area contributed by atoms with Gasteiger partial charge in [-0.25, -0.2) is 4.39 Å². The first kappa shape index (κ1) is 13.2. The molecule has 0 bridgehead atoms. The summed E-state index contributed by atoms with van der Waals surface area (Å²) in [5, 5.41) is 5.57. The fraction of sp³-hybridized carbons (Fsp3) is 0.333. The van der Waals surface area contributed by atoms with Crippen molar-refractivity contribution in [1.29, 1.82) is 0 Å². The van der Waals surface area contributed by atoms with Crippen molar-refractivity contribution in [3.63, 3.8) is 0 Å². The van der Waals surface area contributed by atoms with Gasteiger partial charge in [0.15, 0.2) is 0 Å². The van der Waals surface area contributed by atoms with E-state index in [9.17, 15) is 4.39 Å². The van der Waals surface area contributed by atoms with Crippen molar-refractivity contribution in [2.75, 3.05) is 0 Å². The average Bonchev–Trinajstić information content (AvgIpc) is 2.90. The van der Waals surface area contributed by atoms with Crippen LogP contribution in [0.25, 0.3) is 0 Å². The maximum absolute atomic E-state index is 13.7. The van der Waals surface area contributed by atoms with Gasteiger partial charge in [0.25, 0.3) is 0 Å². The van der Waals surface area contributed by atoms with E-state index in [1.54, 1.807) is 17.4 Å². The molecule has 0 spiro atoms. The fourth-order valence-electron chi connectivity index (χ4n) is 2.11. The highest BCUT2D eigenvalue weighted by molar-refractivity contribution is 7.10. The molecule has 2 atom stereocenters. The number of benzene rings is 1. The molecule has 1 heterocycles. The van der Waals surface area contributed by atoms with Crippen LogP contribution in [0.3, 0.4) is 0 Å². The second-order valence-electron chi connectivity index (χ2n) is 4.39. The van der Waals surface area contributed by atoms with E-state index in [0.29, 0.717) is 6.04 Å². The molecule has 0 amide bonds. The Morgan fingerprint density at radius 2 is 2.00 bits per heavy atom. The largest absolute Gasteiger partial charge is 0.303 e. The topological polar surface area (TPSA) is 12.0 Å². The molecule has 0 saturated carbocycles. The summed E-state index contributed by atoms with van der Waals surface area (Å²) in [5.74, 6) is -0.140. The van der Waals surface area contributed by atoms with Gasteiger partial charge in [-0.3, -0.25) is 0 Å². The minimum Gasteiger partial charge on any atom is -0.303 e. The predicted octanol–water partition coefficient (Wildman–Crippen LogP) is 4.69. The van der Waals surface area contributed by atoms with Crippen LogP contribution in [0.1, 0.15) is 42.8 Å². The molecule has 0 aliphatic heterocycles. The summed E-state index contributed by atoms with van der Waals surface area (Å²) in [7, 11) is 0. The Kier molecular flexibility index (Phi) is 4.50. The van der Waals surface area contributed by atoms with Crippen LogP contribution in [0.15, 0.2) is 41.8 Å². The molecule has 2 unspecified atom stereocenters. The highest BCUT2D eigenvalue weighted by Crippen LogP contribution is 2.26. The number of nitrogens with one attached hydrogen (secondary N) is 1. The lowest BCUT2D eigenvalue weighted by Gasteiger charge is -2.22. The zero-order valence-electron chi connectivity index (χ0n) is 10.7. The van der Waals surface area contributed by atoms with Gasteiger partial charge in [0.2, 0.25) is 0 Å². The quantitative estimate of drug-likeness (QED) is 0.825. The lowest BCUT2D eigenvalue weighted by Crippen LogP contribution is -2.24. The SMILES string of the molecule is CCC(NC(C)c1ccccc1F)c1cccs1. The molecule has 0 aliphatic carbocycles. The molecule has 1 N–H and O–H groups in total. The third-order valence-corrected chi connectivity index (χ3v) is 4.10. The van der Waals surface area contributed by atoms with Crippen molar-refractivity contribution >= 4 is 11.3 Å². The monoisotopic (exact) mass is 263 g/mol. The first-order valence-corrected chi connectivity index (χ1v) is 7.14. The fourth-order valence-corrected chi connectivity index (χ4v) is 2.98. The van der Waals surface area contributed by atoms with Crippen LogP contribution >= 0.6 is 11.3 Å². The average molecular weight is 263 g/mol. The van der Waals surface area contributed by atoms with Gasteiger partial charge in [0, 0.05) is 22.5 Å². The Hall–Kier alpha value is -1.19. The molecule has 1 nitrogen and oxygen atoms in total. The molecular weight excluding hydrogens is 245 g/mol. The maximum Gasteiger partial charge on any atom is 0.127 e. The molecule has 0 aliphatic rings. The van der Waals surface area contributed by atoms with Crippen molar-refractivity contribution in [1.82, 2.24) is 5.32 Å². The summed E-state index contributed by atoms with van der Waals surface area (Å²) in [5.41, 5.74) is 0.729. The molecule has 1 aromatic heterocycles. The Morgan fingerprint density at radius 3 is 2.61 bits per heavy atom. The summed E-state index contributed by atoms with van der Waals surface area (Å²) in [4.78, 5) is 1.31. The summed E-state index contributed by atoms with van der Waals surface area (Å²) in [6.07, 6.45) is 0.999. The minimum atomic E-state index is -0.140. The summed E-state index contributed by atoms with van der Waals surface area (Å²) < 4.78 is 13.7. The smallest absolute Gasteiger partial charge is 0.127 e. The number of halogens is 1. The molecule has 3 heteroatoms. The molecule has 18 heavy (non-hydrogen) atoms. The van der Waals surface area contributed by atoms with Crippen LogP contribution < -0.4 is 5.32 Å². The molecule has 2 aromatic rings. The summed E-state index contributed by atoms with van der Waals surface area (Å²) in [6.45, 7) is 4.15. The molecule has 1 aromatic carbocycles. The zero-order chi connectivity index (χ0) is 13.0.